The molecule has 0 spiro atoms. The van der Waals surface area contributed by atoms with E-state index in [1.54, 1.807) is 0 Å². The Kier molecular flexibility index (Phi) is 5.33. The molecule has 0 amide bonds. The van der Waals surface area contributed by atoms with Crippen molar-refractivity contribution < 1.29 is 9.90 Å². The third-order valence-corrected chi connectivity index (χ3v) is 1.85. The first-order valence-corrected chi connectivity index (χ1v) is 4.16. The van der Waals surface area contributed by atoms with Gasteiger partial charge < -0.3 is 15.2 Å². The highest BCUT2D eigenvalue weighted by molar-refractivity contribution is 8.22. The zero-order chi connectivity index (χ0) is 7.98. The van der Waals surface area contributed by atoms with Crippen LogP contribution in [0.4, 0.5) is 0 Å². The van der Waals surface area contributed by atoms with Crippen molar-refractivity contribution in [3.63, 3.8) is 0 Å². The SMILES string of the molecule is CCSC(=S)NCC(=O)[O-]. The predicted molar refractivity (Wildman–Crippen MR) is 43.7 cm³/mol. The third kappa shape index (κ3) is 5.84. The maximum absolute atomic E-state index is 9.87. The molecular formula is C5H8NO2S2-. The molecule has 0 aromatic heterocycles. The lowest BCUT2D eigenvalue weighted by Gasteiger charge is -2.05. The van der Waals surface area contributed by atoms with E-state index in [2.05, 4.69) is 5.32 Å². The number of carbonyl (C=O) groups excluding carboxylic acids is 1. The molecule has 0 aliphatic rings. The first-order valence-electron chi connectivity index (χ1n) is 2.77. The van der Waals surface area contributed by atoms with Crippen molar-refractivity contribution in [2.24, 2.45) is 0 Å². The van der Waals surface area contributed by atoms with Crippen LogP contribution in [0.15, 0.2) is 0 Å². The lowest BCUT2D eigenvalue weighted by atomic mass is 10.7. The van der Waals surface area contributed by atoms with Crippen molar-refractivity contribution in [2.45, 2.75) is 6.92 Å². The molecule has 0 saturated heterocycles. The Hall–Kier alpha value is -0.290. The molecule has 0 bridgehead atoms. The van der Waals surface area contributed by atoms with Crippen molar-refractivity contribution in [3.05, 3.63) is 0 Å². The molecule has 0 aromatic rings. The number of thiocarbonyl (C=S) groups is 1. The van der Waals surface area contributed by atoms with E-state index in [-0.39, 0.29) is 6.54 Å². The largest absolute Gasteiger partial charge is 0.548 e. The molecule has 0 fully saturated rings. The average Bonchev–Trinajstić information content (AvgIpc) is 1.85. The van der Waals surface area contributed by atoms with E-state index < -0.39 is 5.97 Å². The summed E-state index contributed by atoms with van der Waals surface area (Å²) in [5, 5.41) is 12.4. The standard InChI is InChI=1S/C5H9NO2S2/c1-2-10-5(9)6-3-4(7)8/h2-3H2,1H3,(H,6,9)(H,7,8)/p-1. The second kappa shape index (κ2) is 5.49. The Morgan fingerprint density at radius 1 is 1.80 bits per heavy atom. The van der Waals surface area contributed by atoms with Gasteiger partial charge in [0.15, 0.2) is 0 Å². The second-order valence-electron chi connectivity index (χ2n) is 1.45. The molecule has 0 unspecified atom stereocenters. The van der Waals surface area contributed by atoms with Gasteiger partial charge in [0.25, 0.3) is 0 Å². The van der Waals surface area contributed by atoms with Crippen LogP contribution in [-0.2, 0) is 4.79 Å². The smallest absolute Gasteiger partial charge is 0.134 e. The molecule has 3 nitrogen and oxygen atoms in total. The van der Waals surface area contributed by atoms with Gasteiger partial charge in [-0.25, -0.2) is 0 Å². The molecule has 0 heterocycles. The van der Waals surface area contributed by atoms with E-state index in [0.29, 0.717) is 4.32 Å². The fourth-order valence-electron chi connectivity index (χ4n) is 0.326. The molecule has 10 heavy (non-hydrogen) atoms. The van der Waals surface area contributed by atoms with Crippen molar-refractivity contribution in [1.29, 1.82) is 0 Å². The molecule has 0 radical (unpaired) electrons. The summed E-state index contributed by atoms with van der Waals surface area (Å²) in [7, 11) is 0. The minimum absolute atomic E-state index is 0.203. The number of hydrogen-bond donors (Lipinski definition) is 1. The predicted octanol–water partition coefficient (Wildman–Crippen LogP) is -0.636. The normalized spacial score (nSPS) is 8.90. The Bertz CT molecular complexity index is 138. The fraction of sp³-hybridized carbons (Fsp3) is 0.600. The summed E-state index contributed by atoms with van der Waals surface area (Å²) >= 11 is 6.13. The number of thioether (sulfide) groups is 1. The summed E-state index contributed by atoms with van der Waals surface area (Å²) in [6.07, 6.45) is 0. The monoisotopic (exact) mass is 178 g/mol. The minimum atomic E-state index is -1.14. The summed E-state index contributed by atoms with van der Waals surface area (Å²) in [5.41, 5.74) is 0. The molecule has 1 N–H and O–H groups in total. The van der Waals surface area contributed by atoms with E-state index in [1.807, 2.05) is 6.92 Å². The van der Waals surface area contributed by atoms with Crippen LogP contribution < -0.4 is 10.4 Å². The van der Waals surface area contributed by atoms with Crippen LogP contribution >= 0.6 is 24.0 Å². The van der Waals surface area contributed by atoms with Gasteiger partial charge in [-0.1, -0.05) is 30.9 Å². The van der Waals surface area contributed by atoms with Crippen LogP contribution in [0.25, 0.3) is 0 Å². The fourth-order valence-corrected chi connectivity index (χ4v) is 1.19. The molecule has 0 aliphatic heterocycles. The van der Waals surface area contributed by atoms with Crippen LogP contribution in [0.5, 0.6) is 0 Å². The van der Waals surface area contributed by atoms with E-state index in [0.717, 1.165) is 5.75 Å². The lowest BCUT2D eigenvalue weighted by molar-refractivity contribution is -0.303. The Morgan fingerprint density at radius 3 is 2.80 bits per heavy atom. The van der Waals surface area contributed by atoms with Gasteiger partial charge in [-0.05, 0) is 5.75 Å². The highest BCUT2D eigenvalue weighted by Gasteiger charge is 1.92. The zero-order valence-corrected chi connectivity index (χ0v) is 7.18. The van der Waals surface area contributed by atoms with Gasteiger partial charge in [0.1, 0.15) is 4.32 Å². The summed E-state index contributed by atoms with van der Waals surface area (Å²) < 4.78 is 0.506. The maximum Gasteiger partial charge on any atom is 0.134 e. The number of carbonyl (C=O) groups is 1. The second-order valence-corrected chi connectivity index (χ2v) is 3.39. The number of aliphatic carboxylic acids is 1. The number of carboxylic acid groups (broad SMARTS) is 1. The van der Waals surface area contributed by atoms with Crippen LogP contribution in [0, 0.1) is 0 Å². The topological polar surface area (TPSA) is 52.2 Å². The molecule has 58 valence electrons. The van der Waals surface area contributed by atoms with Crippen molar-refractivity contribution in [1.82, 2.24) is 5.32 Å². The lowest BCUT2D eigenvalue weighted by Crippen LogP contribution is -2.36. The van der Waals surface area contributed by atoms with E-state index in [1.165, 1.54) is 11.8 Å². The van der Waals surface area contributed by atoms with E-state index >= 15 is 0 Å². The molecule has 0 saturated carbocycles. The van der Waals surface area contributed by atoms with Crippen LogP contribution in [0.1, 0.15) is 6.92 Å². The molecule has 5 heteroatoms. The Labute approximate surface area is 69.2 Å². The van der Waals surface area contributed by atoms with Gasteiger partial charge in [-0.15, -0.1) is 0 Å². The van der Waals surface area contributed by atoms with Crippen molar-refractivity contribution in [2.75, 3.05) is 12.3 Å². The molecule has 0 rings (SSSR count). The minimum Gasteiger partial charge on any atom is -0.548 e. The first-order chi connectivity index (χ1) is 4.66. The maximum atomic E-state index is 9.87. The van der Waals surface area contributed by atoms with Crippen molar-refractivity contribution in [3.8, 4) is 0 Å². The molecule has 0 aliphatic carbocycles. The summed E-state index contributed by atoms with van der Waals surface area (Å²) in [6.45, 7) is 1.74. The number of rotatable bonds is 3. The Morgan fingerprint density at radius 2 is 2.40 bits per heavy atom. The van der Waals surface area contributed by atoms with Crippen LogP contribution in [-0.4, -0.2) is 22.6 Å². The summed E-state index contributed by atoms with van der Waals surface area (Å²) in [6, 6.07) is 0. The first kappa shape index (κ1) is 9.71. The van der Waals surface area contributed by atoms with Gasteiger partial charge >= 0.3 is 0 Å². The number of carboxylic acids is 1. The van der Waals surface area contributed by atoms with E-state index in [9.17, 15) is 9.90 Å². The zero-order valence-electron chi connectivity index (χ0n) is 5.55. The average molecular weight is 178 g/mol. The van der Waals surface area contributed by atoms with Gasteiger partial charge in [-0.3, -0.25) is 0 Å². The molecule has 0 aromatic carbocycles. The molecule has 0 atom stereocenters. The van der Waals surface area contributed by atoms with Crippen LogP contribution in [0.3, 0.4) is 0 Å². The van der Waals surface area contributed by atoms with Crippen LogP contribution in [0.2, 0.25) is 0 Å². The summed E-state index contributed by atoms with van der Waals surface area (Å²) in [5.74, 6) is -0.294. The quantitative estimate of drug-likeness (QED) is 0.583. The highest BCUT2D eigenvalue weighted by Crippen LogP contribution is 1.98. The Balaban J connectivity index is 3.30. The third-order valence-electron chi connectivity index (χ3n) is 0.652. The van der Waals surface area contributed by atoms with Gasteiger partial charge in [0, 0.05) is 0 Å². The number of nitrogens with one attached hydrogen (secondary N) is 1. The molecular weight excluding hydrogens is 170 g/mol. The van der Waals surface area contributed by atoms with Gasteiger partial charge in [0.05, 0.1) is 12.5 Å². The number of hydrogen-bond acceptors (Lipinski definition) is 4. The van der Waals surface area contributed by atoms with Crippen molar-refractivity contribution >= 4 is 34.3 Å². The van der Waals surface area contributed by atoms with E-state index in [4.69, 9.17) is 12.2 Å². The van der Waals surface area contributed by atoms with Gasteiger partial charge in [-0.2, -0.15) is 0 Å². The highest BCUT2D eigenvalue weighted by atomic mass is 32.2. The van der Waals surface area contributed by atoms with Gasteiger partial charge in [0.2, 0.25) is 0 Å². The summed E-state index contributed by atoms with van der Waals surface area (Å²) in [4.78, 5) is 9.87.